The number of hydrogen-bond donors (Lipinski definition) is 2. The highest BCUT2D eigenvalue weighted by atomic mass is 15.4. The fourth-order valence-electron chi connectivity index (χ4n) is 2.92. The number of rotatable bonds is 2. The molecule has 1 fully saturated rings. The third-order valence-electron chi connectivity index (χ3n) is 3.79. The van der Waals surface area contributed by atoms with Crippen LogP contribution in [0.2, 0.25) is 0 Å². The van der Waals surface area contributed by atoms with Crippen LogP contribution < -0.4 is 10.2 Å². The average Bonchev–Trinajstić information content (AvgIpc) is 2.88. The van der Waals surface area contributed by atoms with Gasteiger partial charge in [0.05, 0.1) is 0 Å². The number of piperazine rings is 1. The van der Waals surface area contributed by atoms with Crippen molar-refractivity contribution in [1.82, 2.24) is 20.5 Å². The lowest BCUT2D eigenvalue weighted by Crippen LogP contribution is -2.44. The maximum Gasteiger partial charge on any atom is 0.245 e. The summed E-state index contributed by atoms with van der Waals surface area (Å²) in [4.78, 5) is 6.90. The van der Waals surface area contributed by atoms with Gasteiger partial charge in [-0.2, -0.15) is 4.98 Å². The van der Waals surface area contributed by atoms with Gasteiger partial charge < -0.3 is 10.2 Å². The zero-order valence-electron chi connectivity index (χ0n) is 12.3. The fourth-order valence-corrected chi connectivity index (χ4v) is 2.92. The maximum absolute atomic E-state index is 4.69. The van der Waals surface area contributed by atoms with Crippen molar-refractivity contribution in [3.05, 3.63) is 28.8 Å². The van der Waals surface area contributed by atoms with Gasteiger partial charge in [-0.3, -0.25) is 5.10 Å². The molecule has 20 heavy (non-hydrogen) atoms. The van der Waals surface area contributed by atoms with E-state index in [2.05, 4.69) is 58.3 Å². The largest absolute Gasteiger partial charge is 0.337 e. The monoisotopic (exact) mass is 271 g/mol. The molecule has 1 aliphatic rings. The molecular weight excluding hydrogens is 250 g/mol. The molecule has 0 bridgehead atoms. The topological polar surface area (TPSA) is 56.8 Å². The lowest BCUT2D eigenvalue weighted by Gasteiger charge is -2.25. The molecule has 5 heteroatoms. The Morgan fingerprint density at radius 2 is 1.70 bits per heavy atom. The van der Waals surface area contributed by atoms with Gasteiger partial charge in [0.1, 0.15) is 0 Å². The number of hydrogen-bond acceptors (Lipinski definition) is 4. The number of H-pyrrole nitrogens is 1. The second-order valence-corrected chi connectivity index (χ2v) is 5.49. The molecule has 0 atom stereocenters. The van der Waals surface area contributed by atoms with Crippen LogP contribution in [0.5, 0.6) is 0 Å². The summed E-state index contributed by atoms with van der Waals surface area (Å²) >= 11 is 0. The smallest absolute Gasteiger partial charge is 0.245 e. The van der Waals surface area contributed by atoms with Gasteiger partial charge in [0.15, 0.2) is 5.82 Å². The molecule has 1 saturated heterocycles. The number of aryl methyl sites for hydroxylation is 3. The molecule has 0 aliphatic carbocycles. The normalized spacial score (nSPS) is 15.7. The van der Waals surface area contributed by atoms with Gasteiger partial charge in [0.2, 0.25) is 5.95 Å². The van der Waals surface area contributed by atoms with E-state index in [0.717, 1.165) is 38.0 Å². The van der Waals surface area contributed by atoms with Crippen LogP contribution in [0.1, 0.15) is 16.7 Å². The molecular formula is C15H21N5. The highest BCUT2D eigenvalue weighted by Gasteiger charge is 2.17. The van der Waals surface area contributed by atoms with Crippen molar-refractivity contribution < 1.29 is 0 Å². The molecule has 1 aliphatic heterocycles. The number of nitrogens with zero attached hydrogens (tertiary/aromatic N) is 3. The van der Waals surface area contributed by atoms with E-state index in [1.165, 1.54) is 22.3 Å². The Hall–Kier alpha value is -1.88. The minimum absolute atomic E-state index is 0.806. The Morgan fingerprint density at radius 1 is 1.05 bits per heavy atom. The first-order valence-electron chi connectivity index (χ1n) is 7.11. The van der Waals surface area contributed by atoms with Crippen LogP contribution >= 0.6 is 0 Å². The predicted octanol–water partition coefficient (Wildman–Crippen LogP) is 1.81. The van der Waals surface area contributed by atoms with E-state index in [1.807, 2.05) is 0 Å². The number of aromatic nitrogens is 3. The zero-order valence-corrected chi connectivity index (χ0v) is 12.3. The molecule has 0 radical (unpaired) electrons. The summed E-state index contributed by atoms with van der Waals surface area (Å²) in [6, 6.07) is 4.38. The summed E-state index contributed by atoms with van der Waals surface area (Å²) < 4.78 is 0. The fraction of sp³-hybridized carbons (Fsp3) is 0.467. The highest BCUT2D eigenvalue weighted by Crippen LogP contribution is 2.26. The quantitative estimate of drug-likeness (QED) is 0.874. The molecule has 0 saturated carbocycles. The van der Waals surface area contributed by atoms with Crippen LogP contribution in [0.4, 0.5) is 5.95 Å². The van der Waals surface area contributed by atoms with E-state index in [9.17, 15) is 0 Å². The molecule has 5 nitrogen and oxygen atoms in total. The molecule has 106 valence electrons. The molecule has 0 unspecified atom stereocenters. The first-order chi connectivity index (χ1) is 9.65. The van der Waals surface area contributed by atoms with Gasteiger partial charge in [0, 0.05) is 31.7 Å². The van der Waals surface area contributed by atoms with Crippen molar-refractivity contribution in [2.45, 2.75) is 20.8 Å². The van der Waals surface area contributed by atoms with Gasteiger partial charge in [0.25, 0.3) is 0 Å². The zero-order chi connectivity index (χ0) is 14.1. The summed E-state index contributed by atoms with van der Waals surface area (Å²) in [5.41, 5.74) is 4.94. The van der Waals surface area contributed by atoms with Crippen LogP contribution in [0.15, 0.2) is 12.1 Å². The third kappa shape index (κ3) is 2.41. The van der Waals surface area contributed by atoms with Crippen LogP contribution in [-0.2, 0) is 0 Å². The number of benzene rings is 1. The van der Waals surface area contributed by atoms with E-state index in [4.69, 9.17) is 0 Å². The second kappa shape index (κ2) is 5.25. The van der Waals surface area contributed by atoms with Gasteiger partial charge in [-0.25, -0.2) is 0 Å². The Kier molecular flexibility index (Phi) is 3.44. The van der Waals surface area contributed by atoms with E-state index in [0.29, 0.717) is 0 Å². The van der Waals surface area contributed by atoms with E-state index in [-0.39, 0.29) is 0 Å². The molecule has 0 spiro atoms. The number of anilines is 1. The lowest BCUT2D eigenvalue weighted by atomic mass is 9.99. The summed E-state index contributed by atoms with van der Waals surface area (Å²) in [5, 5.41) is 10.8. The molecule has 2 N–H and O–H groups in total. The number of aromatic amines is 1. The van der Waals surface area contributed by atoms with E-state index < -0.39 is 0 Å². The van der Waals surface area contributed by atoms with E-state index in [1.54, 1.807) is 0 Å². The van der Waals surface area contributed by atoms with Crippen molar-refractivity contribution in [3.63, 3.8) is 0 Å². The standard InChI is InChI=1S/C15H21N5/c1-10-8-11(2)13(12(3)9-10)14-17-15(19-18-14)20-6-4-16-5-7-20/h8-9,16H,4-7H2,1-3H3,(H,17,18,19). The summed E-state index contributed by atoms with van der Waals surface area (Å²) in [5.74, 6) is 1.68. The first-order valence-corrected chi connectivity index (χ1v) is 7.11. The number of nitrogens with one attached hydrogen (secondary N) is 2. The summed E-state index contributed by atoms with van der Waals surface area (Å²) in [6.07, 6.45) is 0. The molecule has 2 aromatic rings. The van der Waals surface area contributed by atoms with Crippen molar-refractivity contribution in [2.75, 3.05) is 31.1 Å². The third-order valence-corrected chi connectivity index (χ3v) is 3.79. The summed E-state index contributed by atoms with van der Waals surface area (Å²) in [6.45, 7) is 10.3. The Morgan fingerprint density at radius 3 is 2.35 bits per heavy atom. The predicted molar refractivity (Wildman–Crippen MR) is 81.1 cm³/mol. The summed E-state index contributed by atoms with van der Waals surface area (Å²) in [7, 11) is 0. The van der Waals surface area contributed by atoms with Crippen LogP contribution in [-0.4, -0.2) is 41.4 Å². The Bertz CT molecular complexity index is 587. The SMILES string of the molecule is Cc1cc(C)c(-c2nc(N3CCNCC3)n[nH]2)c(C)c1. The Labute approximate surface area is 119 Å². The van der Waals surface area contributed by atoms with E-state index >= 15 is 0 Å². The van der Waals surface area contributed by atoms with Crippen molar-refractivity contribution in [1.29, 1.82) is 0 Å². The second-order valence-electron chi connectivity index (χ2n) is 5.49. The molecule has 2 heterocycles. The molecule has 3 rings (SSSR count). The van der Waals surface area contributed by atoms with Gasteiger partial charge in [-0.1, -0.05) is 17.7 Å². The first kappa shape index (κ1) is 13.1. The van der Waals surface area contributed by atoms with Gasteiger partial charge in [-0.15, -0.1) is 5.10 Å². The van der Waals surface area contributed by atoms with Gasteiger partial charge in [-0.05, 0) is 31.9 Å². The van der Waals surface area contributed by atoms with Gasteiger partial charge >= 0.3 is 0 Å². The average molecular weight is 271 g/mol. The Balaban J connectivity index is 1.94. The van der Waals surface area contributed by atoms with Crippen LogP contribution in [0.25, 0.3) is 11.4 Å². The molecule has 0 amide bonds. The van der Waals surface area contributed by atoms with Crippen molar-refractivity contribution in [2.24, 2.45) is 0 Å². The molecule has 1 aromatic heterocycles. The lowest BCUT2D eigenvalue weighted by molar-refractivity contribution is 0.580. The van der Waals surface area contributed by atoms with Crippen molar-refractivity contribution in [3.8, 4) is 11.4 Å². The minimum Gasteiger partial charge on any atom is -0.337 e. The maximum atomic E-state index is 4.69. The molecule has 1 aromatic carbocycles. The van der Waals surface area contributed by atoms with Crippen LogP contribution in [0.3, 0.4) is 0 Å². The minimum atomic E-state index is 0.806. The highest BCUT2D eigenvalue weighted by molar-refractivity contribution is 5.66. The van der Waals surface area contributed by atoms with Crippen LogP contribution in [0, 0.1) is 20.8 Å². The van der Waals surface area contributed by atoms with Crippen molar-refractivity contribution >= 4 is 5.95 Å².